The van der Waals surface area contributed by atoms with Crippen LogP contribution in [0.4, 0.5) is 4.79 Å². The summed E-state index contributed by atoms with van der Waals surface area (Å²) in [5.41, 5.74) is 7.97. The molecule has 5 heteroatoms. The Morgan fingerprint density at radius 1 is 1.30 bits per heavy atom. The topological polar surface area (TPSA) is 76.7 Å². The Balaban J connectivity index is 1.56. The van der Waals surface area contributed by atoms with Crippen LogP contribution in [0, 0.1) is 11.8 Å². The fraction of sp³-hybridized carbons (Fsp3) is 0.467. The van der Waals surface area contributed by atoms with Gasteiger partial charge in [-0.2, -0.15) is 5.10 Å². The van der Waals surface area contributed by atoms with Gasteiger partial charge in [0.15, 0.2) is 0 Å². The number of hydrazone groups is 1. The van der Waals surface area contributed by atoms with Crippen LogP contribution >= 0.6 is 0 Å². The number of rotatable bonds is 4. The minimum atomic E-state index is -0.669. The van der Waals surface area contributed by atoms with Crippen LogP contribution < -0.4 is 15.9 Å². The Kier molecular flexibility index (Phi) is 3.58. The number of urea groups is 1. The molecule has 2 aliphatic carbocycles. The second-order valence-electron chi connectivity index (χ2n) is 5.63. The normalized spacial score (nSPS) is 27.9. The first kappa shape index (κ1) is 13.0. The van der Waals surface area contributed by atoms with Crippen molar-refractivity contribution in [2.24, 2.45) is 22.7 Å². The number of benzene rings is 1. The molecule has 2 amide bonds. The van der Waals surface area contributed by atoms with Crippen molar-refractivity contribution < 1.29 is 9.53 Å². The van der Waals surface area contributed by atoms with Crippen LogP contribution in [0.25, 0.3) is 0 Å². The molecule has 0 heterocycles. The Labute approximate surface area is 118 Å². The number of primary amides is 1. The molecule has 2 saturated carbocycles. The van der Waals surface area contributed by atoms with E-state index in [1.165, 1.54) is 25.7 Å². The lowest BCUT2D eigenvalue weighted by Crippen LogP contribution is -2.24. The quantitative estimate of drug-likeness (QED) is 0.652. The fourth-order valence-electron chi connectivity index (χ4n) is 3.31. The molecule has 0 saturated heterocycles. The molecule has 106 valence electrons. The molecule has 0 radical (unpaired) electrons. The highest BCUT2D eigenvalue weighted by Crippen LogP contribution is 2.45. The molecular formula is C15H19N3O2. The molecule has 0 aliphatic heterocycles. The molecule has 20 heavy (non-hydrogen) atoms. The smallest absolute Gasteiger partial charge is 0.332 e. The highest BCUT2D eigenvalue weighted by molar-refractivity contribution is 5.81. The highest BCUT2D eigenvalue weighted by atomic mass is 16.5. The third-order valence-corrected chi connectivity index (χ3v) is 4.23. The van der Waals surface area contributed by atoms with Crippen molar-refractivity contribution in [3.63, 3.8) is 0 Å². The van der Waals surface area contributed by atoms with Gasteiger partial charge in [0, 0.05) is 0 Å². The lowest BCUT2D eigenvalue weighted by atomic mass is 9.98. The number of fused-ring (bicyclic) bond motifs is 2. The lowest BCUT2D eigenvalue weighted by molar-refractivity contribution is 0.138. The molecule has 0 aromatic heterocycles. The molecule has 0 spiro atoms. The molecule has 3 rings (SSSR count). The predicted octanol–water partition coefficient (Wildman–Crippen LogP) is 2.26. The van der Waals surface area contributed by atoms with Gasteiger partial charge in [0.2, 0.25) is 0 Å². The number of carbonyl (C=O) groups excluding carboxylic acids is 1. The maximum Gasteiger partial charge on any atom is 0.332 e. The monoisotopic (exact) mass is 273 g/mol. The first-order valence-electron chi connectivity index (χ1n) is 7.06. The van der Waals surface area contributed by atoms with Crippen molar-refractivity contribution in [2.75, 3.05) is 0 Å². The van der Waals surface area contributed by atoms with Crippen molar-refractivity contribution in [1.29, 1.82) is 0 Å². The van der Waals surface area contributed by atoms with Crippen LogP contribution in [0.3, 0.4) is 0 Å². The van der Waals surface area contributed by atoms with Gasteiger partial charge in [0.1, 0.15) is 11.9 Å². The molecule has 3 N–H and O–H groups in total. The molecular weight excluding hydrogens is 254 g/mol. The molecule has 2 aliphatic rings. The average Bonchev–Trinajstić information content (AvgIpc) is 3.03. The first-order valence-corrected chi connectivity index (χ1v) is 7.06. The van der Waals surface area contributed by atoms with E-state index in [9.17, 15) is 4.79 Å². The summed E-state index contributed by atoms with van der Waals surface area (Å²) in [7, 11) is 0. The summed E-state index contributed by atoms with van der Waals surface area (Å²) >= 11 is 0. The zero-order valence-corrected chi connectivity index (χ0v) is 11.3. The van der Waals surface area contributed by atoms with E-state index < -0.39 is 6.03 Å². The molecule has 5 nitrogen and oxygen atoms in total. The second-order valence-corrected chi connectivity index (χ2v) is 5.63. The maximum absolute atomic E-state index is 10.5. The third-order valence-electron chi connectivity index (χ3n) is 4.23. The van der Waals surface area contributed by atoms with Crippen LogP contribution in [0.1, 0.15) is 31.2 Å². The molecule has 1 aromatic rings. The Hall–Kier alpha value is -2.04. The standard InChI is InChI=1S/C15H19N3O2/c16-15(19)18-17-9-10-2-5-13(6-3-10)20-14-8-11-1-4-12(14)7-11/h2-3,5-6,9,11-12,14H,1,4,7-8H2,(H3,16,18,19). The number of hydrogen-bond donors (Lipinski definition) is 2. The summed E-state index contributed by atoms with van der Waals surface area (Å²) in [6, 6.07) is 7.04. The van der Waals surface area contributed by atoms with E-state index in [1.54, 1.807) is 6.21 Å². The lowest BCUT2D eigenvalue weighted by Gasteiger charge is -2.23. The van der Waals surface area contributed by atoms with E-state index in [4.69, 9.17) is 10.5 Å². The van der Waals surface area contributed by atoms with Crippen LogP contribution in [0.2, 0.25) is 0 Å². The number of nitrogens with zero attached hydrogens (tertiary/aromatic N) is 1. The summed E-state index contributed by atoms with van der Waals surface area (Å²) in [5.74, 6) is 2.54. The van der Waals surface area contributed by atoms with Gasteiger partial charge in [-0.15, -0.1) is 0 Å². The minimum Gasteiger partial charge on any atom is -0.490 e. The van der Waals surface area contributed by atoms with Gasteiger partial charge in [-0.05, 0) is 67.3 Å². The summed E-state index contributed by atoms with van der Waals surface area (Å²) in [4.78, 5) is 10.5. The fourth-order valence-corrected chi connectivity index (χ4v) is 3.31. The number of nitrogens with one attached hydrogen (secondary N) is 1. The zero-order valence-electron chi connectivity index (χ0n) is 11.3. The molecule has 2 fully saturated rings. The largest absolute Gasteiger partial charge is 0.490 e. The van der Waals surface area contributed by atoms with Gasteiger partial charge >= 0.3 is 6.03 Å². The molecule has 2 bridgehead atoms. The maximum atomic E-state index is 10.5. The van der Waals surface area contributed by atoms with Crippen molar-refractivity contribution in [1.82, 2.24) is 5.43 Å². The van der Waals surface area contributed by atoms with Gasteiger partial charge in [-0.3, -0.25) is 0 Å². The van der Waals surface area contributed by atoms with Crippen LogP contribution in [-0.4, -0.2) is 18.3 Å². The Morgan fingerprint density at radius 2 is 2.10 bits per heavy atom. The van der Waals surface area contributed by atoms with Gasteiger partial charge in [-0.25, -0.2) is 10.2 Å². The summed E-state index contributed by atoms with van der Waals surface area (Å²) < 4.78 is 6.07. The Morgan fingerprint density at radius 3 is 2.70 bits per heavy atom. The summed E-state index contributed by atoms with van der Waals surface area (Å²) in [6.45, 7) is 0. The summed E-state index contributed by atoms with van der Waals surface area (Å²) in [5, 5.41) is 3.71. The van der Waals surface area contributed by atoms with E-state index in [-0.39, 0.29) is 0 Å². The Bertz CT molecular complexity index is 512. The third kappa shape index (κ3) is 2.92. The second kappa shape index (κ2) is 5.53. The van der Waals surface area contributed by atoms with Crippen LogP contribution in [-0.2, 0) is 0 Å². The van der Waals surface area contributed by atoms with Crippen LogP contribution in [0.5, 0.6) is 5.75 Å². The summed E-state index contributed by atoms with van der Waals surface area (Å²) in [6.07, 6.45) is 7.19. The van der Waals surface area contributed by atoms with Crippen molar-refractivity contribution in [3.05, 3.63) is 29.8 Å². The van der Waals surface area contributed by atoms with E-state index in [2.05, 4.69) is 10.5 Å². The van der Waals surface area contributed by atoms with Gasteiger partial charge in [-0.1, -0.05) is 0 Å². The minimum absolute atomic E-state index is 0.393. The van der Waals surface area contributed by atoms with Crippen molar-refractivity contribution in [2.45, 2.75) is 31.8 Å². The van der Waals surface area contributed by atoms with E-state index in [0.29, 0.717) is 6.10 Å². The van der Waals surface area contributed by atoms with Crippen LogP contribution in [0.15, 0.2) is 29.4 Å². The van der Waals surface area contributed by atoms with Gasteiger partial charge < -0.3 is 10.5 Å². The number of hydrogen-bond acceptors (Lipinski definition) is 3. The van der Waals surface area contributed by atoms with Gasteiger partial charge in [0.25, 0.3) is 0 Å². The zero-order chi connectivity index (χ0) is 13.9. The number of carbonyl (C=O) groups is 1. The first-order chi connectivity index (χ1) is 9.70. The van der Waals surface area contributed by atoms with E-state index in [0.717, 1.165) is 23.1 Å². The molecule has 1 aromatic carbocycles. The van der Waals surface area contributed by atoms with Crippen molar-refractivity contribution >= 4 is 12.2 Å². The van der Waals surface area contributed by atoms with Crippen molar-refractivity contribution in [3.8, 4) is 5.75 Å². The molecule has 3 atom stereocenters. The van der Waals surface area contributed by atoms with E-state index in [1.807, 2.05) is 24.3 Å². The molecule has 3 unspecified atom stereocenters. The average molecular weight is 273 g/mol. The number of amides is 2. The predicted molar refractivity (Wildman–Crippen MR) is 76.6 cm³/mol. The number of nitrogens with two attached hydrogens (primary N) is 1. The highest BCUT2D eigenvalue weighted by Gasteiger charge is 2.40. The van der Waals surface area contributed by atoms with E-state index >= 15 is 0 Å². The van der Waals surface area contributed by atoms with Gasteiger partial charge in [0.05, 0.1) is 6.21 Å². The number of ether oxygens (including phenoxy) is 1. The SMILES string of the molecule is NC(=O)NN=Cc1ccc(OC2CC3CCC2C3)cc1.